The number of hydrogen-bond donors (Lipinski definition) is 3. The quantitative estimate of drug-likeness (QED) is 0.566. The third kappa shape index (κ3) is 5.83. The molecule has 35 heavy (non-hydrogen) atoms. The Labute approximate surface area is 205 Å². The Hall–Kier alpha value is -3.36. The fourth-order valence-corrected chi connectivity index (χ4v) is 5.11. The maximum absolute atomic E-state index is 13.4. The van der Waals surface area contributed by atoms with Gasteiger partial charge in [0.2, 0.25) is 11.8 Å². The molecule has 1 saturated carbocycles. The molecule has 2 fully saturated rings. The van der Waals surface area contributed by atoms with Crippen LogP contribution in [0.1, 0.15) is 56.9 Å². The minimum absolute atomic E-state index is 0.0937. The number of fused-ring (bicyclic) bond motifs is 2. The van der Waals surface area contributed by atoms with Crippen molar-refractivity contribution in [1.82, 2.24) is 15.5 Å². The Morgan fingerprint density at radius 2 is 1.91 bits per heavy atom. The largest absolute Gasteiger partial charge is 0.436 e. The zero-order chi connectivity index (χ0) is 24.8. The van der Waals surface area contributed by atoms with Gasteiger partial charge in [0.1, 0.15) is 11.6 Å². The number of nitrogens with zero attached hydrogens (tertiary/aromatic N) is 1. The van der Waals surface area contributed by atoms with Crippen LogP contribution in [0.15, 0.2) is 42.5 Å². The molecule has 4 atom stereocenters. The van der Waals surface area contributed by atoms with Crippen molar-refractivity contribution in [1.29, 1.82) is 0 Å². The third-order valence-corrected chi connectivity index (χ3v) is 7.14. The molecule has 9 heteroatoms. The van der Waals surface area contributed by atoms with Crippen LogP contribution >= 0.6 is 0 Å². The number of hydrogen-bond acceptors (Lipinski definition) is 5. The number of allylic oxidation sites excluding steroid dienone is 1. The molecular weight excluding hydrogens is 448 g/mol. The molecule has 1 aliphatic carbocycles. The van der Waals surface area contributed by atoms with Gasteiger partial charge >= 0.3 is 6.09 Å². The molecule has 9 nitrogen and oxygen atoms in total. The van der Waals surface area contributed by atoms with Crippen molar-refractivity contribution < 1.29 is 23.9 Å². The third-order valence-electron chi connectivity index (χ3n) is 7.14. The lowest BCUT2D eigenvalue weighted by molar-refractivity contribution is -0.146. The molecule has 1 aromatic carbocycles. The maximum Gasteiger partial charge on any atom is 0.405 e. The molecule has 1 saturated heterocycles. The van der Waals surface area contributed by atoms with E-state index in [2.05, 4.69) is 16.7 Å². The van der Waals surface area contributed by atoms with Gasteiger partial charge in [0.25, 0.3) is 5.91 Å². The Kier molecular flexibility index (Phi) is 7.73. The summed E-state index contributed by atoms with van der Waals surface area (Å²) in [5.74, 6) is -1.07. The highest BCUT2D eigenvalue weighted by Crippen LogP contribution is 2.45. The molecule has 2 aliphatic heterocycles. The highest BCUT2D eigenvalue weighted by molar-refractivity contribution is 5.98. The number of benzene rings is 1. The van der Waals surface area contributed by atoms with Gasteiger partial charge in [-0.05, 0) is 50.5 Å². The van der Waals surface area contributed by atoms with Gasteiger partial charge < -0.3 is 26.0 Å². The van der Waals surface area contributed by atoms with Crippen LogP contribution in [0.25, 0.3) is 0 Å². The summed E-state index contributed by atoms with van der Waals surface area (Å²) < 4.78 is 5.13. The molecule has 0 spiro atoms. The monoisotopic (exact) mass is 482 g/mol. The summed E-state index contributed by atoms with van der Waals surface area (Å²) in [7, 11) is 0. The van der Waals surface area contributed by atoms with E-state index < -0.39 is 29.7 Å². The van der Waals surface area contributed by atoms with Crippen molar-refractivity contribution in [3.63, 3.8) is 0 Å². The Morgan fingerprint density at radius 3 is 2.69 bits per heavy atom. The molecule has 1 aromatic rings. The molecule has 4 unspecified atom stereocenters. The van der Waals surface area contributed by atoms with Gasteiger partial charge in [0.05, 0.1) is 0 Å². The first kappa shape index (κ1) is 24.8. The van der Waals surface area contributed by atoms with Crippen molar-refractivity contribution in [2.24, 2.45) is 11.7 Å². The summed E-state index contributed by atoms with van der Waals surface area (Å²) in [5, 5.41) is 5.97. The fraction of sp³-hybridized carbons (Fsp3) is 0.538. The number of rotatable bonds is 4. The maximum atomic E-state index is 13.4. The van der Waals surface area contributed by atoms with Gasteiger partial charge in [-0.3, -0.25) is 14.4 Å². The van der Waals surface area contributed by atoms with Crippen molar-refractivity contribution in [3.8, 4) is 0 Å². The number of amides is 4. The summed E-state index contributed by atoms with van der Waals surface area (Å²) in [6.45, 7) is 0.764. The first-order chi connectivity index (χ1) is 16.9. The molecule has 188 valence electrons. The van der Waals surface area contributed by atoms with Crippen LogP contribution in [-0.4, -0.2) is 52.9 Å². The van der Waals surface area contributed by atoms with Crippen LogP contribution in [0.2, 0.25) is 0 Å². The summed E-state index contributed by atoms with van der Waals surface area (Å²) in [6.07, 6.45) is 7.43. The van der Waals surface area contributed by atoms with E-state index in [1.165, 1.54) is 4.90 Å². The van der Waals surface area contributed by atoms with Gasteiger partial charge in [-0.1, -0.05) is 48.9 Å². The average Bonchev–Trinajstić information content (AvgIpc) is 3.30. The van der Waals surface area contributed by atoms with Crippen LogP contribution < -0.4 is 16.4 Å². The van der Waals surface area contributed by atoms with Crippen molar-refractivity contribution in [2.45, 2.75) is 75.6 Å². The normalized spacial score (nSPS) is 30.1. The summed E-state index contributed by atoms with van der Waals surface area (Å²) in [4.78, 5) is 52.8. The van der Waals surface area contributed by atoms with Crippen LogP contribution in [0.3, 0.4) is 0 Å². The van der Waals surface area contributed by atoms with Crippen molar-refractivity contribution in [3.05, 3.63) is 48.0 Å². The second kappa shape index (κ2) is 10.9. The number of nitrogens with one attached hydrogen (secondary N) is 2. The van der Waals surface area contributed by atoms with Crippen molar-refractivity contribution >= 4 is 23.8 Å². The molecule has 0 radical (unpaired) electrons. The standard InChI is InChI=1S/C26H34N4O5/c27-25(34)35-21-14-8-3-1-2-7-12-19-16-26(19,24(33)28-17-18-10-5-4-6-11-18)29-22(31)20-13-9-15-30(20)23(21)32/h4-7,10-12,19-21H,1-3,8-9,13-17H2,(H2,27,34)(H,28,33)(H,29,31)/b12-7-. The number of carbonyl (C=O) groups excluding carboxylic acids is 4. The van der Waals surface area contributed by atoms with Gasteiger partial charge in [0, 0.05) is 19.0 Å². The zero-order valence-electron chi connectivity index (χ0n) is 19.9. The van der Waals surface area contributed by atoms with E-state index in [1.54, 1.807) is 0 Å². The summed E-state index contributed by atoms with van der Waals surface area (Å²) >= 11 is 0. The zero-order valence-corrected chi connectivity index (χ0v) is 19.9. The Morgan fingerprint density at radius 1 is 1.11 bits per heavy atom. The first-order valence-electron chi connectivity index (χ1n) is 12.5. The van der Waals surface area contributed by atoms with E-state index in [1.807, 2.05) is 36.4 Å². The molecule has 3 aliphatic rings. The van der Waals surface area contributed by atoms with Gasteiger partial charge in [0.15, 0.2) is 6.10 Å². The number of ether oxygens (including phenoxy) is 1. The van der Waals surface area contributed by atoms with E-state index in [0.717, 1.165) is 24.8 Å². The van der Waals surface area contributed by atoms with E-state index in [0.29, 0.717) is 45.2 Å². The number of nitrogens with two attached hydrogens (primary N) is 1. The number of primary amides is 1. The van der Waals surface area contributed by atoms with Gasteiger partial charge in [-0.25, -0.2) is 4.79 Å². The van der Waals surface area contributed by atoms with E-state index >= 15 is 0 Å². The van der Waals surface area contributed by atoms with E-state index in [-0.39, 0.29) is 17.7 Å². The van der Waals surface area contributed by atoms with E-state index in [4.69, 9.17) is 10.5 Å². The number of carbonyl (C=O) groups is 4. The van der Waals surface area contributed by atoms with Crippen LogP contribution in [-0.2, 0) is 25.7 Å². The predicted octanol–water partition coefficient (Wildman–Crippen LogP) is 2.15. The minimum Gasteiger partial charge on any atom is -0.436 e. The molecule has 4 amide bonds. The van der Waals surface area contributed by atoms with Gasteiger partial charge in [-0.2, -0.15) is 0 Å². The first-order valence-corrected chi connectivity index (χ1v) is 12.5. The Balaban J connectivity index is 1.52. The van der Waals surface area contributed by atoms with Crippen LogP contribution in [0.4, 0.5) is 4.79 Å². The summed E-state index contributed by atoms with van der Waals surface area (Å²) in [5.41, 5.74) is 5.16. The van der Waals surface area contributed by atoms with E-state index in [9.17, 15) is 19.2 Å². The molecule has 2 heterocycles. The van der Waals surface area contributed by atoms with Crippen LogP contribution in [0.5, 0.6) is 0 Å². The highest BCUT2D eigenvalue weighted by atomic mass is 16.6. The van der Waals surface area contributed by atoms with Gasteiger partial charge in [-0.15, -0.1) is 0 Å². The second-order valence-corrected chi connectivity index (χ2v) is 9.62. The minimum atomic E-state index is -1.02. The average molecular weight is 483 g/mol. The van der Waals surface area contributed by atoms with Crippen molar-refractivity contribution in [2.75, 3.05) is 6.54 Å². The lowest BCUT2D eigenvalue weighted by Gasteiger charge is -2.29. The fourth-order valence-electron chi connectivity index (χ4n) is 5.11. The molecule has 4 rings (SSSR count). The van der Waals surface area contributed by atoms with Crippen LogP contribution in [0, 0.1) is 5.92 Å². The predicted molar refractivity (Wildman–Crippen MR) is 129 cm³/mol. The molecule has 4 N–H and O–H groups in total. The molecule has 0 aromatic heterocycles. The molecular formula is C26H34N4O5. The highest BCUT2D eigenvalue weighted by Gasteiger charge is 2.60. The topological polar surface area (TPSA) is 131 Å². The Bertz CT molecular complexity index is 981. The molecule has 0 bridgehead atoms. The smallest absolute Gasteiger partial charge is 0.405 e. The lowest BCUT2D eigenvalue weighted by Crippen LogP contribution is -2.56. The lowest BCUT2D eigenvalue weighted by atomic mass is 10.1. The second-order valence-electron chi connectivity index (χ2n) is 9.62. The SMILES string of the molecule is NC(=O)OC1CCCCC/C=C\C2CC2(C(=O)NCc2ccccc2)NC(=O)C2CCCN2C1=O. The summed E-state index contributed by atoms with van der Waals surface area (Å²) in [6, 6.07) is 8.90.